The fourth-order valence-electron chi connectivity index (χ4n) is 2.74. The van der Waals surface area contributed by atoms with Crippen molar-refractivity contribution in [3.63, 3.8) is 0 Å². The lowest BCUT2D eigenvalue weighted by molar-refractivity contribution is 0.681. The first-order chi connectivity index (χ1) is 9.77. The Balaban J connectivity index is 0.00000161. The molecule has 0 radical (unpaired) electrons. The van der Waals surface area contributed by atoms with Crippen molar-refractivity contribution in [1.82, 2.24) is 10.3 Å². The molecule has 3 rings (SSSR count). The number of nitrogens with zero attached hydrogens (tertiary/aromatic N) is 2. The van der Waals surface area contributed by atoms with Crippen LogP contribution in [0.4, 0.5) is 11.5 Å². The quantitative estimate of drug-likeness (QED) is 0.906. The van der Waals surface area contributed by atoms with Crippen molar-refractivity contribution in [3.8, 4) is 0 Å². The van der Waals surface area contributed by atoms with Crippen LogP contribution >= 0.6 is 24.0 Å². The molecule has 1 aromatic carbocycles. The third-order valence-corrected chi connectivity index (χ3v) is 4.06. The SMILES string of the molecule is CN(c1ccccn1)c1c(Cl)ccc2c1CCCNC2.Cl. The van der Waals surface area contributed by atoms with Crippen molar-refractivity contribution in [2.75, 3.05) is 18.5 Å². The number of aromatic nitrogens is 1. The molecule has 3 nitrogen and oxygen atoms in total. The van der Waals surface area contributed by atoms with Crippen molar-refractivity contribution in [2.45, 2.75) is 19.4 Å². The zero-order chi connectivity index (χ0) is 13.9. The average Bonchev–Trinajstić information content (AvgIpc) is 2.73. The van der Waals surface area contributed by atoms with Gasteiger partial charge in [0.1, 0.15) is 5.82 Å². The van der Waals surface area contributed by atoms with Crippen LogP contribution in [0.25, 0.3) is 0 Å². The lowest BCUT2D eigenvalue weighted by atomic mass is 10.0. The molecular formula is C16H19Cl2N3. The monoisotopic (exact) mass is 323 g/mol. The summed E-state index contributed by atoms with van der Waals surface area (Å²) in [6.45, 7) is 1.97. The molecule has 1 aromatic heterocycles. The highest BCUT2D eigenvalue weighted by atomic mass is 35.5. The largest absolute Gasteiger partial charge is 0.328 e. The first-order valence-corrected chi connectivity index (χ1v) is 7.31. The molecule has 1 aliphatic heterocycles. The first kappa shape index (κ1) is 16.1. The summed E-state index contributed by atoms with van der Waals surface area (Å²) in [6, 6.07) is 10.0. The molecule has 2 heterocycles. The number of anilines is 2. The fourth-order valence-corrected chi connectivity index (χ4v) is 3.04. The number of benzene rings is 1. The van der Waals surface area contributed by atoms with Crippen LogP contribution in [0.3, 0.4) is 0 Å². The van der Waals surface area contributed by atoms with E-state index < -0.39 is 0 Å². The minimum Gasteiger partial charge on any atom is -0.328 e. The molecular weight excluding hydrogens is 305 g/mol. The Labute approximate surface area is 136 Å². The van der Waals surface area contributed by atoms with Gasteiger partial charge in [0.05, 0.1) is 10.7 Å². The second-order valence-corrected chi connectivity index (χ2v) is 5.47. The first-order valence-electron chi connectivity index (χ1n) is 6.93. The Morgan fingerprint density at radius 3 is 2.86 bits per heavy atom. The summed E-state index contributed by atoms with van der Waals surface area (Å²) in [5, 5.41) is 4.24. The van der Waals surface area contributed by atoms with Crippen LogP contribution in [-0.2, 0) is 13.0 Å². The average molecular weight is 324 g/mol. The summed E-state index contributed by atoms with van der Waals surface area (Å²) < 4.78 is 0. The Kier molecular flexibility index (Phi) is 5.45. The van der Waals surface area contributed by atoms with E-state index >= 15 is 0 Å². The Morgan fingerprint density at radius 2 is 2.10 bits per heavy atom. The predicted molar refractivity (Wildman–Crippen MR) is 91.0 cm³/mol. The van der Waals surface area contributed by atoms with E-state index in [1.165, 1.54) is 11.1 Å². The van der Waals surface area contributed by atoms with Crippen molar-refractivity contribution in [1.29, 1.82) is 0 Å². The second-order valence-electron chi connectivity index (χ2n) is 5.06. The molecule has 0 atom stereocenters. The van der Waals surface area contributed by atoms with Gasteiger partial charge in [-0.1, -0.05) is 23.7 Å². The van der Waals surface area contributed by atoms with Gasteiger partial charge in [-0.25, -0.2) is 4.98 Å². The zero-order valence-corrected chi connectivity index (χ0v) is 13.5. The van der Waals surface area contributed by atoms with E-state index in [1.807, 2.05) is 37.5 Å². The molecule has 0 saturated carbocycles. The lowest BCUT2D eigenvalue weighted by Gasteiger charge is -2.24. The molecule has 5 heteroatoms. The maximum absolute atomic E-state index is 6.47. The highest BCUT2D eigenvalue weighted by Crippen LogP contribution is 2.36. The molecule has 1 N–H and O–H groups in total. The van der Waals surface area contributed by atoms with E-state index in [4.69, 9.17) is 11.6 Å². The van der Waals surface area contributed by atoms with Gasteiger partial charge in [-0.15, -0.1) is 12.4 Å². The van der Waals surface area contributed by atoms with E-state index in [2.05, 4.69) is 21.3 Å². The number of rotatable bonds is 2. The van der Waals surface area contributed by atoms with Crippen molar-refractivity contribution >= 4 is 35.5 Å². The summed E-state index contributed by atoms with van der Waals surface area (Å²) >= 11 is 6.47. The summed E-state index contributed by atoms with van der Waals surface area (Å²) in [5.74, 6) is 0.917. The van der Waals surface area contributed by atoms with Gasteiger partial charge in [0.15, 0.2) is 0 Å². The van der Waals surface area contributed by atoms with Crippen molar-refractivity contribution in [2.24, 2.45) is 0 Å². The number of pyridine rings is 1. The van der Waals surface area contributed by atoms with Gasteiger partial charge < -0.3 is 10.2 Å². The summed E-state index contributed by atoms with van der Waals surface area (Å²) in [7, 11) is 2.03. The summed E-state index contributed by atoms with van der Waals surface area (Å²) in [6.07, 6.45) is 3.99. The topological polar surface area (TPSA) is 28.2 Å². The molecule has 0 bridgehead atoms. The normalized spacial score (nSPS) is 13.8. The van der Waals surface area contributed by atoms with Crippen LogP contribution in [0, 0.1) is 0 Å². The zero-order valence-electron chi connectivity index (χ0n) is 12.0. The molecule has 0 spiro atoms. The smallest absolute Gasteiger partial charge is 0.132 e. The standard InChI is InChI=1S/C16H18ClN3.ClH/c1-20(15-6-2-3-10-19-15)16-13-5-4-9-18-11-12(13)7-8-14(16)17;/h2-3,6-8,10,18H,4-5,9,11H2,1H3;1H. The maximum Gasteiger partial charge on any atom is 0.132 e. The van der Waals surface area contributed by atoms with Crippen LogP contribution in [-0.4, -0.2) is 18.6 Å². The molecule has 0 saturated heterocycles. The van der Waals surface area contributed by atoms with Gasteiger partial charge in [0.25, 0.3) is 0 Å². The predicted octanol–water partition coefficient (Wildman–Crippen LogP) is 3.96. The highest BCUT2D eigenvalue weighted by Gasteiger charge is 2.18. The second kappa shape index (κ2) is 7.12. The number of hydrogen-bond acceptors (Lipinski definition) is 3. The number of nitrogens with one attached hydrogen (secondary N) is 1. The van der Waals surface area contributed by atoms with Crippen LogP contribution in [0.1, 0.15) is 17.5 Å². The molecule has 2 aromatic rings. The number of fused-ring (bicyclic) bond motifs is 1. The Hall–Kier alpha value is -1.29. The van der Waals surface area contributed by atoms with Gasteiger partial charge >= 0.3 is 0 Å². The van der Waals surface area contributed by atoms with Crippen molar-refractivity contribution in [3.05, 3.63) is 52.7 Å². The van der Waals surface area contributed by atoms with E-state index in [9.17, 15) is 0 Å². The van der Waals surface area contributed by atoms with Crippen LogP contribution in [0.5, 0.6) is 0 Å². The molecule has 21 heavy (non-hydrogen) atoms. The molecule has 0 aliphatic carbocycles. The van der Waals surface area contributed by atoms with E-state index in [-0.39, 0.29) is 12.4 Å². The minimum absolute atomic E-state index is 0. The Morgan fingerprint density at radius 1 is 1.24 bits per heavy atom. The molecule has 0 amide bonds. The third kappa shape index (κ3) is 3.31. The summed E-state index contributed by atoms with van der Waals surface area (Å²) in [5.41, 5.74) is 3.77. The van der Waals surface area contributed by atoms with Crippen LogP contribution < -0.4 is 10.2 Å². The van der Waals surface area contributed by atoms with Gasteiger partial charge in [-0.05, 0) is 48.7 Å². The van der Waals surface area contributed by atoms with Gasteiger partial charge in [-0.3, -0.25) is 0 Å². The molecule has 0 fully saturated rings. The molecule has 0 unspecified atom stereocenters. The van der Waals surface area contributed by atoms with Crippen LogP contribution in [0.15, 0.2) is 36.5 Å². The van der Waals surface area contributed by atoms with Gasteiger partial charge in [0.2, 0.25) is 0 Å². The number of hydrogen-bond donors (Lipinski definition) is 1. The minimum atomic E-state index is 0. The summed E-state index contributed by atoms with van der Waals surface area (Å²) in [4.78, 5) is 6.51. The van der Waals surface area contributed by atoms with E-state index in [1.54, 1.807) is 0 Å². The van der Waals surface area contributed by atoms with Crippen LogP contribution in [0.2, 0.25) is 5.02 Å². The lowest BCUT2D eigenvalue weighted by Crippen LogP contribution is -2.15. The van der Waals surface area contributed by atoms with E-state index in [0.29, 0.717) is 0 Å². The Bertz CT molecular complexity index is 602. The van der Waals surface area contributed by atoms with Gasteiger partial charge in [0, 0.05) is 19.8 Å². The van der Waals surface area contributed by atoms with E-state index in [0.717, 1.165) is 42.5 Å². The number of halogens is 2. The van der Waals surface area contributed by atoms with Crippen molar-refractivity contribution < 1.29 is 0 Å². The highest BCUT2D eigenvalue weighted by molar-refractivity contribution is 6.33. The third-order valence-electron chi connectivity index (χ3n) is 3.75. The maximum atomic E-state index is 6.47. The molecule has 112 valence electrons. The van der Waals surface area contributed by atoms with Gasteiger partial charge in [-0.2, -0.15) is 0 Å². The molecule has 1 aliphatic rings. The fraction of sp³-hybridized carbons (Fsp3) is 0.312.